The van der Waals surface area contributed by atoms with Crippen molar-refractivity contribution in [3.63, 3.8) is 0 Å². The van der Waals surface area contributed by atoms with Crippen LogP contribution in [0.1, 0.15) is 59.3 Å². The van der Waals surface area contributed by atoms with Crippen molar-refractivity contribution in [1.82, 2.24) is 10.2 Å². The third-order valence-electron chi connectivity index (χ3n) is 9.22. The van der Waals surface area contributed by atoms with Crippen LogP contribution in [0.4, 0.5) is 5.69 Å². The van der Waals surface area contributed by atoms with E-state index in [1.807, 2.05) is 56.3 Å². The molecule has 8 nitrogen and oxygen atoms in total. The maximum Gasteiger partial charge on any atom is 0.250 e. The topological polar surface area (TPSA) is 108 Å². The van der Waals surface area contributed by atoms with E-state index < -0.39 is 29.1 Å². The van der Waals surface area contributed by atoms with E-state index >= 15 is 0 Å². The Hall–Kier alpha value is -2.97. The second kappa shape index (κ2) is 10.9. The number of unbranched alkanes of at least 4 members (excludes halogenated alkanes) is 3. The molecule has 5 rings (SSSR count). The molecule has 3 aliphatic rings. The molecule has 0 radical (unpaired) electrons. The van der Waals surface area contributed by atoms with Gasteiger partial charge in [-0.25, -0.2) is 0 Å². The predicted octanol–water partition coefficient (Wildman–Crippen LogP) is 3.87. The SMILES string of the molecule is CCCNC(=O)[C@@H]1[C@H]2C(=O)N(CCCCCCO)C(C(=O)Nc3ccc4ccccc4c3)C23CC(C)[C@@]1(C)O3. The molecule has 3 heterocycles. The van der Waals surface area contributed by atoms with Gasteiger partial charge in [-0.3, -0.25) is 14.4 Å². The lowest BCUT2D eigenvalue weighted by atomic mass is 9.62. The van der Waals surface area contributed by atoms with E-state index in [1.54, 1.807) is 4.90 Å². The van der Waals surface area contributed by atoms with E-state index in [1.165, 1.54) is 0 Å². The molecule has 8 heteroatoms. The number of anilines is 1. The first-order valence-corrected chi connectivity index (χ1v) is 14.5. The van der Waals surface area contributed by atoms with Crippen molar-refractivity contribution in [1.29, 1.82) is 0 Å². The van der Waals surface area contributed by atoms with Gasteiger partial charge in [0.25, 0.3) is 0 Å². The van der Waals surface area contributed by atoms with Crippen molar-refractivity contribution in [2.75, 3.05) is 25.0 Å². The number of fused-ring (bicyclic) bond motifs is 2. The summed E-state index contributed by atoms with van der Waals surface area (Å²) in [6.45, 7) is 7.08. The molecule has 210 valence electrons. The average molecular weight is 536 g/mol. The van der Waals surface area contributed by atoms with Crippen LogP contribution in [-0.2, 0) is 19.1 Å². The number of amides is 3. The summed E-state index contributed by atoms with van der Waals surface area (Å²) in [7, 11) is 0. The Morgan fingerprint density at radius 1 is 1.08 bits per heavy atom. The zero-order valence-electron chi connectivity index (χ0n) is 23.2. The van der Waals surface area contributed by atoms with E-state index in [2.05, 4.69) is 17.6 Å². The summed E-state index contributed by atoms with van der Waals surface area (Å²) in [4.78, 5) is 43.4. The maximum atomic E-state index is 14.1. The molecule has 0 aromatic heterocycles. The molecular weight excluding hydrogens is 494 g/mol. The van der Waals surface area contributed by atoms with Crippen LogP contribution in [0.25, 0.3) is 10.8 Å². The second-order valence-corrected chi connectivity index (χ2v) is 11.7. The van der Waals surface area contributed by atoms with Gasteiger partial charge < -0.3 is 25.4 Å². The van der Waals surface area contributed by atoms with Gasteiger partial charge in [-0.1, -0.05) is 57.0 Å². The van der Waals surface area contributed by atoms with Crippen LogP contribution in [-0.4, -0.2) is 64.7 Å². The van der Waals surface area contributed by atoms with Gasteiger partial charge in [-0.05, 0) is 61.4 Å². The lowest BCUT2D eigenvalue weighted by molar-refractivity contribution is -0.146. The minimum atomic E-state index is -1.05. The number of nitrogens with one attached hydrogen (secondary N) is 2. The number of hydrogen-bond acceptors (Lipinski definition) is 5. The number of ether oxygens (including phenoxy) is 1. The highest BCUT2D eigenvalue weighted by Crippen LogP contribution is 2.65. The van der Waals surface area contributed by atoms with Crippen LogP contribution in [0.2, 0.25) is 0 Å². The van der Waals surface area contributed by atoms with E-state index in [-0.39, 0.29) is 30.2 Å². The molecule has 2 aromatic carbocycles. The Balaban J connectivity index is 1.48. The Bertz CT molecular complexity index is 1250. The van der Waals surface area contributed by atoms with E-state index in [0.717, 1.165) is 30.0 Å². The summed E-state index contributed by atoms with van der Waals surface area (Å²) in [6, 6.07) is 12.9. The van der Waals surface area contributed by atoms with Crippen molar-refractivity contribution >= 4 is 34.2 Å². The number of benzene rings is 2. The summed E-state index contributed by atoms with van der Waals surface area (Å²) < 4.78 is 6.77. The largest absolute Gasteiger partial charge is 0.396 e. The molecule has 3 unspecified atom stereocenters. The molecule has 0 aliphatic carbocycles. The summed E-state index contributed by atoms with van der Waals surface area (Å²) in [5.41, 5.74) is -1.20. The Labute approximate surface area is 230 Å². The lowest BCUT2D eigenvalue weighted by Crippen LogP contribution is -2.54. The number of nitrogens with zero attached hydrogens (tertiary/aromatic N) is 1. The zero-order chi connectivity index (χ0) is 27.8. The minimum Gasteiger partial charge on any atom is -0.396 e. The summed E-state index contributed by atoms with van der Waals surface area (Å²) in [5.74, 6) is -1.93. The third-order valence-corrected chi connectivity index (χ3v) is 9.22. The Morgan fingerprint density at radius 2 is 1.82 bits per heavy atom. The maximum absolute atomic E-state index is 14.1. The van der Waals surface area contributed by atoms with Gasteiger partial charge in [-0.15, -0.1) is 0 Å². The standard InChI is InChI=1S/C31H41N3O5/c1-4-15-32-27(36)24-25-29(38)34(16-9-5-6-10-17-35)26(31(25)19-20(2)30(24,3)39-31)28(37)33-23-14-13-21-11-7-8-12-22(21)18-23/h7-8,11-14,18,20,24-26,35H,4-6,9-10,15-17,19H2,1-3H3,(H,32,36)(H,33,37)/t20?,24-,25-,26?,30+,31?/m0/s1. The van der Waals surface area contributed by atoms with Gasteiger partial charge in [0.2, 0.25) is 17.7 Å². The molecule has 2 aromatic rings. The summed E-state index contributed by atoms with van der Waals surface area (Å²) >= 11 is 0. The number of hydrogen-bond donors (Lipinski definition) is 3. The fourth-order valence-electron chi connectivity index (χ4n) is 7.26. The summed E-state index contributed by atoms with van der Waals surface area (Å²) in [6.07, 6.45) is 4.48. The number of rotatable bonds is 11. The molecule has 3 amide bonds. The smallest absolute Gasteiger partial charge is 0.250 e. The quantitative estimate of drug-likeness (QED) is 0.379. The van der Waals surface area contributed by atoms with Crippen molar-refractivity contribution in [2.45, 2.75) is 76.5 Å². The van der Waals surface area contributed by atoms with Crippen LogP contribution in [0.3, 0.4) is 0 Å². The Kier molecular flexibility index (Phi) is 7.71. The highest BCUT2D eigenvalue weighted by molar-refractivity contribution is 6.04. The van der Waals surface area contributed by atoms with Gasteiger partial charge in [0.05, 0.1) is 17.4 Å². The Morgan fingerprint density at radius 3 is 2.56 bits per heavy atom. The molecule has 39 heavy (non-hydrogen) atoms. The van der Waals surface area contributed by atoms with E-state index in [9.17, 15) is 14.4 Å². The number of aliphatic hydroxyl groups is 1. The van der Waals surface area contributed by atoms with E-state index in [4.69, 9.17) is 9.84 Å². The van der Waals surface area contributed by atoms with Crippen molar-refractivity contribution in [2.24, 2.45) is 17.8 Å². The number of carbonyl (C=O) groups is 3. The highest BCUT2D eigenvalue weighted by Gasteiger charge is 2.79. The number of aliphatic hydroxyl groups excluding tert-OH is 1. The molecule has 6 atom stereocenters. The fourth-order valence-corrected chi connectivity index (χ4v) is 7.26. The molecule has 2 bridgehead atoms. The van der Waals surface area contributed by atoms with Crippen LogP contribution in [0, 0.1) is 17.8 Å². The zero-order valence-corrected chi connectivity index (χ0v) is 23.2. The normalized spacial score (nSPS) is 31.1. The first kappa shape index (κ1) is 27.6. The number of likely N-dealkylation sites (tertiary alicyclic amines) is 1. The van der Waals surface area contributed by atoms with Gasteiger partial charge in [0.15, 0.2) is 0 Å². The average Bonchev–Trinajstić information content (AvgIpc) is 3.43. The number of carbonyl (C=O) groups excluding carboxylic acids is 3. The first-order valence-electron chi connectivity index (χ1n) is 14.5. The lowest BCUT2D eigenvalue weighted by Gasteiger charge is -2.36. The monoisotopic (exact) mass is 535 g/mol. The fraction of sp³-hybridized carbons (Fsp3) is 0.581. The van der Waals surface area contributed by atoms with Crippen molar-refractivity contribution < 1.29 is 24.2 Å². The van der Waals surface area contributed by atoms with Gasteiger partial charge in [-0.2, -0.15) is 0 Å². The van der Waals surface area contributed by atoms with E-state index in [0.29, 0.717) is 38.0 Å². The summed E-state index contributed by atoms with van der Waals surface area (Å²) in [5, 5.41) is 17.3. The van der Waals surface area contributed by atoms with Gasteiger partial charge in [0, 0.05) is 25.4 Å². The third kappa shape index (κ3) is 4.61. The van der Waals surface area contributed by atoms with Crippen LogP contribution in [0.5, 0.6) is 0 Å². The molecule has 1 spiro atoms. The minimum absolute atomic E-state index is 0.0133. The van der Waals surface area contributed by atoms with Crippen LogP contribution < -0.4 is 10.6 Å². The first-order chi connectivity index (χ1) is 18.8. The molecule has 3 N–H and O–H groups in total. The molecule has 3 fully saturated rings. The van der Waals surface area contributed by atoms with Crippen molar-refractivity contribution in [3.8, 4) is 0 Å². The molecule has 0 saturated carbocycles. The molecule has 3 aliphatic heterocycles. The van der Waals surface area contributed by atoms with Crippen molar-refractivity contribution in [3.05, 3.63) is 42.5 Å². The van der Waals surface area contributed by atoms with Gasteiger partial charge >= 0.3 is 0 Å². The predicted molar refractivity (Wildman–Crippen MR) is 150 cm³/mol. The molecule has 3 saturated heterocycles. The van der Waals surface area contributed by atoms with Gasteiger partial charge in [0.1, 0.15) is 11.6 Å². The van der Waals surface area contributed by atoms with Crippen LogP contribution in [0.15, 0.2) is 42.5 Å². The highest BCUT2D eigenvalue weighted by atomic mass is 16.5. The molecular formula is C31H41N3O5. The van der Waals surface area contributed by atoms with Crippen LogP contribution >= 0.6 is 0 Å². The second-order valence-electron chi connectivity index (χ2n) is 11.7.